The first kappa shape index (κ1) is 16.0. The summed E-state index contributed by atoms with van der Waals surface area (Å²) in [6, 6.07) is 5.80. The summed E-state index contributed by atoms with van der Waals surface area (Å²) >= 11 is 0.312. The summed E-state index contributed by atoms with van der Waals surface area (Å²) in [5, 5.41) is 3.82. The zero-order chi connectivity index (χ0) is 16.3. The van der Waals surface area contributed by atoms with E-state index in [9.17, 15) is 27.2 Å². The van der Waals surface area contributed by atoms with E-state index in [1.807, 2.05) is 5.32 Å². The first-order chi connectivity index (χ1) is 10.3. The Morgan fingerprint density at radius 1 is 1.05 bits per heavy atom. The molecule has 0 aliphatic carbocycles. The van der Waals surface area contributed by atoms with Gasteiger partial charge in [0.2, 0.25) is 0 Å². The van der Waals surface area contributed by atoms with Gasteiger partial charge in [0.25, 0.3) is 5.91 Å². The zero-order valence-electron chi connectivity index (χ0n) is 10.7. The number of carbonyl (C=O) groups is 2. The highest BCUT2D eigenvalue weighted by atomic mass is 32.1. The van der Waals surface area contributed by atoms with Crippen LogP contribution in [0.2, 0.25) is 0 Å². The van der Waals surface area contributed by atoms with Gasteiger partial charge in [-0.3, -0.25) is 15.4 Å². The van der Waals surface area contributed by atoms with Crippen molar-refractivity contribution >= 4 is 28.3 Å². The quantitative estimate of drug-likeness (QED) is 0.820. The van der Waals surface area contributed by atoms with E-state index in [0.717, 1.165) is 18.2 Å². The SMILES string of the molecule is O=C(NC(=O)c1ccccc1F)Nc1ccc(C(F)(F)F)s1. The summed E-state index contributed by atoms with van der Waals surface area (Å²) in [7, 11) is 0. The second kappa shape index (κ2) is 6.14. The van der Waals surface area contributed by atoms with Gasteiger partial charge in [0.1, 0.15) is 10.7 Å². The van der Waals surface area contributed by atoms with Crippen molar-refractivity contribution in [1.82, 2.24) is 5.32 Å². The molecule has 0 unspecified atom stereocenters. The molecule has 22 heavy (non-hydrogen) atoms. The average molecular weight is 332 g/mol. The second-order valence-corrected chi connectivity index (χ2v) is 5.13. The Morgan fingerprint density at radius 2 is 1.73 bits per heavy atom. The molecule has 2 N–H and O–H groups in total. The second-order valence-electron chi connectivity index (χ2n) is 4.05. The Balaban J connectivity index is 2.00. The lowest BCUT2D eigenvalue weighted by Crippen LogP contribution is -2.34. The van der Waals surface area contributed by atoms with E-state index in [0.29, 0.717) is 11.3 Å². The van der Waals surface area contributed by atoms with Crippen LogP contribution >= 0.6 is 11.3 Å². The van der Waals surface area contributed by atoms with Crippen molar-refractivity contribution < 1.29 is 27.2 Å². The van der Waals surface area contributed by atoms with Gasteiger partial charge >= 0.3 is 12.2 Å². The molecule has 0 bridgehead atoms. The van der Waals surface area contributed by atoms with Crippen LogP contribution in [-0.4, -0.2) is 11.9 Å². The molecule has 2 rings (SSSR count). The smallest absolute Gasteiger partial charge is 0.299 e. The van der Waals surface area contributed by atoms with Gasteiger partial charge in [0.15, 0.2) is 0 Å². The first-order valence-electron chi connectivity index (χ1n) is 5.81. The van der Waals surface area contributed by atoms with Crippen molar-refractivity contribution in [2.45, 2.75) is 6.18 Å². The van der Waals surface area contributed by atoms with Crippen LogP contribution in [0.4, 0.5) is 27.4 Å². The van der Waals surface area contributed by atoms with Crippen LogP contribution in [0, 0.1) is 5.82 Å². The molecule has 0 saturated heterocycles. The van der Waals surface area contributed by atoms with Crippen LogP contribution in [0.15, 0.2) is 36.4 Å². The van der Waals surface area contributed by atoms with Gasteiger partial charge in [-0.1, -0.05) is 12.1 Å². The van der Waals surface area contributed by atoms with Gasteiger partial charge in [0.05, 0.1) is 10.6 Å². The van der Waals surface area contributed by atoms with E-state index in [1.165, 1.54) is 18.2 Å². The fourth-order valence-electron chi connectivity index (χ4n) is 1.52. The number of nitrogens with one attached hydrogen (secondary N) is 2. The minimum atomic E-state index is -4.51. The van der Waals surface area contributed by atoms with Crippen LogP contribution < -0.4 is 10.6 Å². The first-order valence-corrected chi connectivity index (χ1v) is 6.63. The highest BCUT2D eigenvalue weighted by molar-refractivity contribution is 7.16. The molecule has 3 amide bonds. The van der Waals surface area contributed by atoms with E-state index < -0.39 is 28.8 Å². The summed E-state index contributed by atoms with van der Waals surface area (Å²) in [6.45, 7) is 0. The van der Waals surface area contributed by atoms with Crippen molar-refractivity contribution in [1.29, 1.82) is 0 Å². The number of thiophene rings is 1. The monoisotopic (exact) mass is 332 g/mol. The largest absolute Gasteiger partial charge is 0.425 e. The maximum atomic E-state index is 13.3. The Kier molecular flexibility index (Phi) is 4.45. The molecule has 1 aromatic heterocycles. The number of urea groups is 1. The number of alkyl halides is 3. The van der Waals surface area contributed by atoms with Gasteiger partial charge in [-0.25, -0.2) is 9.18 Å². The molecule has 0 radical (unpaired) electrons. The number of carbonyl (C=O) groups excluding carboxylic acids is 2. The van der Waals surface area contributed by atoms with Crippen LogP contribution in [0.25, 0.3) is 0 Å². The predicted octanol–water partition coefficient (Wildman–Crippen LogP) is 3.87. The predicted molar refractivity (Wildman–Crippen MR) is 72.2 cm³/mol. The molecule has 0 saturated carbocycles. The standard InChI is InChI=1S/C13H8F4N2O2S/c14-8-4-2-1-3-7(8)11(20)19-12(21)18-10-6-5-9(22-10)13(15,16)17/h1-6H,(H2,18,19,20,21). The summed E-state index contributed by atoms with van der Waals surface area (Å²) in [5.74, 6) is -1.81. The topological polar surface area (TPSA) is 58.2 Å². The summed E-state index contributed by atoms with van der Waals surface area (Å²) in [4.78, 5) is 22.3. The third kappa shape index (κ3) is 3.82. The summed E-state index contributed by atoms with van der Waals surface area (Å²) < 4.78 is 50.5. The molecular formula is C13H8F4N2O2S. The van der Waals surface area contributed by atoms with Gasteiger partial charge in [-0.15, -0.1) is 11.3 Å². The fraction of sp³-hybridized carbons (Fsp3) is 0.0769. The number of hydrogen-bond acceptors (Lipinski definition) is 3. The number of anilines is 1. The Bertz CT molecular complexity index is 712. The molecule has 1 heterocycles. The highest BCUT2D eigenvalue weighted by Gasteiger charge is 2.32. The van der Waals surface area contributed by atoms with E-state index in [2.05, 4.69) is 5.32 Å². The normalized spacial score (nSPS) is 11.1. The molecule has 1 aromatic carbocycles. The molecule has 0 aliphatic rings. The Labute approximate surface area is 125 Å². The van der Waals surface area contributed by atoms with Crippen molar-refractivity contribution in [2.75, 3.05) is 5.32 Å². The maximum absolute atomic E-state index is 13.3. The summed E-state index contributed by atoms with van der Waals surface area (Å²) in [5.41, 5.74) is -0.347. The molecule has 0 atom stereocenters. The third-order valence-electron chi connectivity index (χ3n) is 2.47. The van der Waals surface area contributed by atoms with E-state index in [1.54, 1.807) is 0 Å². The summed E-state index contributed by atoms with van der Waals surface area (Å²) in [6.07, 6.45) is -4.51. The van der Waals surface area contributed by atoms with Crippen LogP contribution in [0.3, 0.4) is 0 Å². The van der Waals surface area contributed by atoms with Gasteiger partial charge in [-0.05, 0) is 24.3 Å². The average Bonchev–Trinajstić information content (AvgIpc) is 2.87. The number of halogens is 4. The number of hydrogen-bond donors (Lipinski definition) is 2. The highest BCUT2D eigenvalue weighted by Crippen LogP contribution is 2.36. The Morgan fingerprint density at radius 3 is 2.32 bits per heavy atom. The minimum Gasteiger partial charge on any atom is -0.299 e. The van der Waals surface area contributed by atoms with Crippen molar-refractivity contribution in [2.24, 2.45) is 0 Å². The molecular weight excluding hydrogens is 324 g/mol. The minimum absolute atomic E-state index is 0.0915. The van der Waals surface area contributed by atoms with Crippen LogP contribution in [0.1, 0.15) is 15.2 Å². The molecule has 0 fully saturated rings. The van der Waals surface area contributed by atoms with Crippen molar-refractivity contribution in [3.8, 4) is 0 Å². The molecule has 9 heteroatoms. The zero-order valence-corrected chi connectivity index (χ0v) is 11.5. The Hall–Kier alpha value is -2.42. The number of benzene rings is 1. The van der Waals surface area contributed by atoms with Gasteiger partial charge in [-0.2, -0.15) is 13.2 Å². The fourth-order valence-corrected chi connectivity index (χ4v) is 2.28. The number of rotatable bonds is 2. The van der Waals surface area contributed by atoms with Crippen molar-refractivity contribution in [3.05, 3.63) is 52.7 Å². The maximum Gasteiger partial charge on any atom is 0.425 e. The van der Waals surface area contributed by atoms with Crippen LogP contribution in [0.5, 0.6) is 0 Å². The van der Waals surface area contributed by atoms with E-state index in [-0.39, 0.29) is 10.6 Å². The molecule has 0 spiro atoms. The van der Waals surface area contributed by atoms with E-state index in [4.69, 9.17) is 0 Å². The molecule has 4 nitrogen and oxygen atoms in total. The number of amides is 3. The van der Waals surface area contributed by atoms with Gasteiger partial charge in [0, 0.05) is 0 Å². The molecule has 116 valence electrons. The lowest BCUT2D eigenvalue weighted by atomic mass is 10.2. The molecule has 0 aliphatic heterocycles. The van der Waals surface area contributed by atoms with Crippen LogP contribution in [-0.2, 0) is 6.18 Å². The van der Waals surface area contributed by atoms with Gasteiger partial charge < -0.3 is 0 Å². The lowest BCUT2D eigenvalue weighted by Gasteiger charge is -2.06. The van der Waals surface area contributed by atoms with E-state index >= 15 is 0 Å². The lowest BCUT2D eigenvalue weighted by molar-refractivity contribution is -0.134. The van der Waals surface area contributed by atoms with Crippen molar-refractivity contribution in [3.63, 3.8) is 0 Å². The third-order valence-corrected chi connectivity index (χ3v) is 3.51. The molecule has 2 aromatic rings. The number of imide groups is 1.